The zero-order chi connectivity index (χ0) is 36.7. The predicted molar refractivity (Wildman–Crippen MR) is 222 cm³/mol. The van der Waals surface area contributed by atoms with Crippen molar-refractivity contribution in [2.45, 2.75) is 77.4 Å². The van der Waals surface area contributed by atoms with Gasteiger partial charge in [0.15, 0.2) is 0 Å². The standard InChI is InChI=1S/C34H30NO.C14H16NSi.Ir/c1-21(2)24-16-17-35-31(19-24)28-15-14-27(22-8-4-3-5-9-22)33-30-18-25-13-12-23-10-6-7-11-26(23)29(25)20-32(30)36-34(28)33;1-16(2,3)13-9-10-14(15-11-13)12-7-5-4-6-8-12;/h6-7,10-14,16-22H,3-5,8-9H2,1-2H3;4-7,9-11H,1-3H3;/q2*-1;/i21D;;. The van der Waals surface area contributed by atoms with Crippen molar-refractivity contribution in [2.75, 3.05) is 0 Å². The maximum Gasteiger partial charge on any atom is 0.121 e. The van der Waals surface area contributed by atoms with E-state index in [2.05, 4.69) is 103 Å². The minimum atomic E-state index is -1.23. The summed E-state index contributed by atoms with van der Waals surface area (Å²) in [5.74, 6) is -0.174. The molecule has 3 heterocycles. The van der Waals surface area contributed by atoms with Crippen molar-refractivity contribution in [2.24, 2.45) is 0 Å². The molecule has 53 heavy (non-hydrogen) atoms. The van der Waals surface area contributed by atoms with Crippen molar-refractivity contribution in [3.05, 3.63) is 139 Å². The minimum Gasteiger partial charge on any atom is -0.501 e. The van der Waals surface area contributed by atoms with E-state index in [1.165, 1.54) is 75.2 Å². The number of nitrogens with zero attached hydrogens (tertiary/aromatic N) is 2. The fourth-order valence-electron chi connectivity index (χ4n) is 7.70. The van der Waals surface area contributed by atoms with Gasteiger partial charge in [-0.3, -0.25) is 0 Å². The third kappa shape index (κ3) is 7.53. The van der Waals surface area contributed by atoms with Crippen molar-refractivity contribution in [1.29, 1.82) is 0 Å². The van der Waals surface area contributed by atoms with Gasteiger partial charge in [-0.1, -0.05) is 137 Å². The van der Waals surface area contributed by atoms with Gasteiger partial charge < -0.3 is 14.4 Å². The van der Waals surface area contributed by atoms with Crippen LogP contribution >= 0.6 is 0 Å². The molecule has 5 heteroatoms. The van der Waals surface area contributed by atoms with E-state index in [9.17, 15) is 0 Å². The second-order valence-electron chi connectivity index (χ2n) is 15.5. The third-order valence-corrected chi connectivity index (χ3v) is 12.7. The molecule has 1 aliphatic rings. The molecule has 1 fully saturated rings. The molecule has 0 N–H and O–H groups in total. The average Bonchev–Trinajstić information content (AvgIpc) is 3.55. The normalized spacial score (nSPS) is 14.2. The Morgan fingerprint density at radius 1 is 0.774 bits per heavy atom. The van der Waals surface area contributed by atoms with E-state index >= 15 is 0 Å². The SMILES string of the molecule is C[Si](C)(C)c1ccc(-c2[c-]cccc2)nc1.[2H]C(C)(C)c1ccnc(-c2[c-]cc(C3CCCCC3)c3c2oc2cc4c(ccc5ccccc54)cc23)c1.[Ir]. The number of pyridine rings is 2. The fourth-order valence-corrected chi connectivity index (χ4v) is 8.74. The quantitative estimate of drug-likeness (QED) is 0.0982. The molecule has 8 aromatic rings. The Morgan fingerprint density at radius 3 is 2.30 bits per heavy atom. The van der Waals surface area contributed by atoms with Crippen molar-refractivity contribution < 1.29 is 25.9 Å². The van der Waals surface area contributed by atoms with Crippen LogP contribution in [-0.4, -0.2) is 18.0 Å². The maximum atomic E-state index is 8.54. The Labute approximate surface area is 329 Å². The summed E-state index contributed by atoms with van der Waals surface area (Å²) in [5, 5.41) is 8.70. The molecule has 0 amide bonds. The molecule has 1 radical (unpaired) electrons. The van der Waals surface area contributed by atoms with Crippen LogP contribution in [0.15, 0.2) is 120 Å². The monoisotopic (exact) mass is 888 g/mol. The first-order valence-electron chi connectivity index (χ1n) is 19.2. The molecular weight excluding hydrogens is 841 g/mol. The van der Waals surface area contributed by atoms with Crippen LogP contribution < -0.4 is 5.19 Å². The summed E-state index contributed by atoms with van der Waals surface area (Å²) >= 11 is 0. The van der Waals surface area contributed by atoms with E-state index in [4.69, 9.17) is 10.8 Å². The van der Waals surface area contributed by atoms with Crippen LogP contribution in [0.2, 0.25) is 19.6 Å². The number of benzene rings is 5. The first-order valence-corrected chi connectivity index (χ1v) is 22.2. The van der Waals surface area contributed by atoms with E-state index in [-0.39, 0.29) is 20.1 Å². The van der Waals surface area contributed by atoms with Gasteiger partial charge >= 0.3 is 0 Å². The molecule has 269 valence electrons. The summed E-state index contributed by atoms with van der Waals surface area (Å²) in [7, 11) is -1.23. The van der Waals surface area contributed by atoms with E-state index in [0.29, 0.717) is 5.92 Å². The van der Waals surface area contributed by atoms with E-state index < -0.39 is 14.0 Å². The number of furan rings is 1. The van der Waals surface area contributed by atoms with Crippen LogP contribution in [0, 0.1) is 12.1 Å². The van der Waals surface area contributed by atoms with Gasteiger partial charge in [0.25, 0.3) is 0 Å². The van der Waals surface area contributed by atoms with Gasteiger partial charge in [0.05, 0.1) is 13.7 Å². The van der Waals surface area contributed by atoms with Crippen LogP contribution in [0.25, 0.3) is 66.0 Å². The van der Waals surface area contributed by atoms with E-state index in [1.54, 1.807) is 6.20 Å². The van der Waals surface area contributed by atoms with Gasteiger partial charge in [0.1, 0.15) is 5.58 Å². The Bertz CT molecular complexity index is 2560. The Balaban J connectivity index is 0.000000223. The van der Waals surface area contributed by atoms with Gasteiger partial charge in [-0.2, -0.15) is 0 Å². The second kappa shape index (κ2) is 15.5. The molecule has 0 bridgehead atoms. The number of rotatable bonds is 5. The van der Waals surface area contributed by atoms with Crippen LogP contribution in [-0.2, 0) is 20.1 Å². The van der Waals surface area contributed by atoms with Crippen molar-refractivity contribution in [3.63, 3.8) is 0 Å². The summed E-state index contributed by atoms with van der Waals surface area (Å²) in [4.78, 5) is 9.23. The van der Waals surface area contributed by atoms with Crippen LogP contribution in [0.3, 0.4) is 0 Å². The van der Waals surface area contributed by atoms with Gasteiger partial charge in [-0.25, -0.2) is 0 Å². The molecule has 0 saturated heterocycles. The summed E-state index contributed by atoms with van der Waals surface area (Å²) in [6.07, 6.45) is 10.1. The topological polar surface area (TPSA) is 38.9 Å². The molecule has 0 atom stereocenters. The van der Waals surface area contributed by atoms with Crippen molar-refractivity contribution >= 4 is 56.7 Å². The second-order valence-corrected chi connectivity index (χ2v) is 20.6. The van der Waals surface area contributed by atoms with Gasteiger partial charge in [0.2, 0.25) is 0 Å². The smallest absolute Gasteiger partial charge is 0.121 e. The number of fused-ring (bicyclic) bond motifs is 6. The molecule has 1 aliphatic carbocycles. The van der Waals surface area contributed by atoms with Crippen LogP contribution in [0.1, 0.15) is 70.3 Å². The molecule has 0 unspecified atom stereocenters. The zero-order valence-electron chi connectivity index (χ0n) is 32.2. The maximum absolute atomic E-state index is 8.54. The molecule has 0 aliphatic heterocycles. The Kier molecular flexibility index (Phi) is 10.4. The largest absolute Gasteiger partial charge is 0.501 e. The predicted octanol–water partition coefficient (Wildman–Crippen LogP) is 13.0. The molecule has 0 spiro atoms. The Morgan fingerprint density at radius 2 is 1.57 bits per heavy atom. The molecular formula is C48H46IrN2OSi-2. The van der Waals surface area contributed by atoms with Gasteiger partial charge in [-0.15, -0.1) is 53.6 Å². The molecule has 9 rings (SSSR count). The Hall–Kier alpha value is -4.41. The fraction of sp³-hybridized carbons (Fsp3) is 0.250. The number of hydrogen-bond acceptors (Lipinski definition) is 3. The van der Waals surface area contributed by atoms with Crippen LogP contribution in [0.5, 0.6) is 0 Å². The van der Waals surface area contributed by atoms with Crippen molar-refractivity contribution in [3.8, 4) is 22.5 Å². The van der Waals surface area contributed by atoms with Gasteiger partial charge in [-0.05, 0) is 68.1 Å². The van der Waals surface area contributed by atoms with Gasteiger partial charge in [0, 0.05) is 39.3 Å². The first kappa shape index (κ1) is 35.6. The summed E-state index contributed by atoms with van der Waals surface area (Å²) in [6, 6.07) is 42.7. The molecule has 3 aromatic heterocycles. The van der Waals surface area contributed by atoms with E-state index in [0.717, 1.165) is 39.2 Å². The van der Waals surface area contributed by atoms with Crippen LogP contribution in [0.4, 0.5) is 0 Å². The van der Waals surface area contributed by atoms with Crippen molar-refractivity contribution in [1.82, 2.24) is 9.97 Å². The summed E-state index contributed by atoms with van der Waals surface area (Å²) < 4.78 is 15.3. The molecule has 5 aromatic carbocycles. The number of aromatic nitrogens is 2. The zero-order valence-corrected chi connectivity index (χ0v) is 34.6. The van der Waals surface area contributed by atoms with E-state index in [1.807, 2.05) is 56.4 Å². The molecule has 3 nitrogen and oxygen atoms in total. The summed E-state index contributed by atoms with van der Waals surface area (Å²) in [5.41, 5.74) is 7.82. The average molecular weight is 888 g/mol. The third-order valence-electron chi connectivity index (χ3n) is 10.7. The first-order chi connectivity index (χ1) is 25.5. The number of hydrogen-bond donors (Lipinski definition) is 0. The molecule has 1 saturated carbocycles. The summed E-state index contributed by atoms with van der Waals surface area (Å²) in [6.45, 7) is 10.8. The minimum absolute atomic E-state index is 0.